The minimum atomic E-state index is 0.846. The summed E-state index contributed by atoms with van der Waals surface area (Å²) in [5, 5.41) is 2.16. The van der Waals surface area contributed by atoms with Gasteiger partial charge in [-0.3, -0.25) is 0 Å². The monoisotopic (exact) mass is 282 g/mol. The lowest BCUT2D eigenvalue weighted by molar-refractivity contribution is 0.307. The van der Waals surface area contributed by atoms with Crippen molar-refractivity contribution in [3.8, 4) is 0 Å². The predicted molar refractivity (Wildman–Crippen MR) is 86.8 cm³/mol. The van der Waals surface area contributed by atoms with Crippen LogP contribution in [0.25, 0.3) is 0 Å². The van der Waals surface area contributed by atoms with Gasteiger partial charge in [-0.05, 0) is 63.2 Å². The Morgan fingerprint density at radius 3 is 2.74 bits per heavy atom. The summed E-state index contributed by atoms with van der Waals surface area (Å²) >= 11 is 1.87. The fourth-order valence-corrected chi connectivity index (χ4v) is 3.29. The molecule has 1 unspecified atom stereocenters. The highest BCUT2D eigenvalue weighted by molar-refractivity contribution is 7.09. The van der Waals surface area contributed by atoms with Crippen molar-refractivity contribution in [3.05, 3.63) is 22.4 Å². The molecular formula is C16H30N2S. The molecule has 1 aromatic heterocycles. The fourth-order valence-electron chi connectivity index (χ4n) is 2.59. The van der Waals surface area contributed by atoms with Crippen molar-refractivity contribution >= 4 is 11.3 Å². The normalized spacial score (nSPS) is 13.1. The van der Waals surface area contributed by atoms with Gasteiger partial charge in [0.2, 0.25) is 0 Å². The van der Waals surface area contributed by atoms with Crippen molar-refractivity contribution in [2.75, 3.05) is 26.7 Å². The summed E-state index contributed by atoms with van der Waals surface area (Å²) in [6.07, 6.45) is 7.68. The molecule has 2 N–H and O–H groups in total. The molecule has 0 fully saturated rings. The third kappa shape index (κ3) is 7.71. The fraction of sp³-hybridized carbons (Fsp3) is 0.750. The molecule has 0 aliphatic heterocycles. The van der Waals surface area contributed by atoms with E-state index in [-0.39, 0.29) is 0 Å². The van der Waals surface area contributed by atoms with Gasteiger partial charge in [0.15, 0.2) is 0 Å². The second-order valence-corrected chi connectivity index (χ2v) is 6.54. The first kappa shape index (κ1) is 16.7. The van der Waals surface area contributed by atoms with Crippen molar-refractivity contribution in [3.63, 3.8) is 0 Å². The molecule has 2 nitrogen and oxygen atoms in total. The zero-order chi connectivity index (χ0) is 13.9. The standard InChI is InChI=1S/C16H30N2S/c1-3-6-15(9-11-17)7-4-12-18(2)13-10-16-8-5-14-19-16/h5,8,14-15H,3-4,6-7,9-13,17H2,1-2H3. The summed E-state index contributed by atoms with van der Waals surface area (Å²) in [7, 11) is 2.24. The maximum absolute atomic E-state index is 5.68. The van der Waals surface area contributed by atoms with Gasteiger partial charge in [-0.15, -0.1) is 11.3 Å². The van der Waals surface area contributed by atoms with Crippen molar-refractivity contribution in [1.82, 2.24) is 4.90 Å². The molecule has 0 aliphatic rings. The summed E-state index contributed by atoms with van der Waals surface area (Å²) in [6.45, 7) is 5.52. The summed E-state index contributed by atoms with van der Waals surface area (Å²) in [5.41, 5.74) is 5.68. The van der Waals surface area contributed by atoms with Crippen LogP contribution in [-0.4, -0.2) is 31.6 Å². The lowest BCUT2D eigenvalue weighted by Crippen LogP contribution is -2.23. The van der Waals surface area contributed by atoms with E-state index in [0.717, 1.165) is 12.5 Å². The Bertz CT molecular complexity index is 292. The van der Waals surface area contributed by atoms with Crippen LogP contribution in [0.3, 0.4) is 0 Å². The van der Waals surface area contributed by atoms with Crippen LogP contribution in [0, 0.1) is 5.92 Å². The van der Waals surface area contributed by atoms with Gasteiger partial charge in [0.05, 0.1) is 0 Å². The first-order valence-electron chi connectivity index (χ1n) is 7.67. The molecule has 0 saturated carbocycles. The van der Waals surface area contributed by atoms with Crippen LogP contribution in [0.1, 0.15) is 43.9 Å². The summed E-state index contributed by atoms with van der Waals surface area (Å²) in [6, 6.07) is 4.37. The number of hydrogen-bond acceptors (Lipinski definition) is 3. The topological polar surface area (TPSA) is 29.3 Å². The van der Waals surface area contributed by atoms with Gasteiger partial charge in [0.1, 0.15) is 0 Å². The summed E-state index contributed by atoms with van der Waals surface area (Å²) in [4.78, 5) is 3.96. The summed E-state index contributed by atoms with van der Waals surface area (Å²) < 4.78 is 0. The van der Waals surface area contributed by atoms with Gasteiger partial charge in [0, 0.05) is 11.4 Å². The molecule has 0 aliphatic carbocycles. The van der Waals surface area contributed by atoms with Crippen molar-refractivity contribution in [2.24, 2.45) is 11.7 Å². The smallest absolute Gasteiger partial charge is 0.00579 e. The zero-order valence-electron chi connectivity index (χ0n) is 12.6. The Hall–Kier alpha value is -0.380. The highest BCUT2D eigenvalue weighted by Crippen LogP contribution is 2.17. The van der Waals surface area contributed by atoms with Crippen LogP contribution in [-0.2, 0) is 6.42 Å². The number of nitrogens with two attached hydrogens (primary N) is 1. The Labute approximate surface area is 123 Å². The highest BCUT2D eigenvalue weighted by Gasteiger charge is 2.07. The quantitative estimate of drug-likeness (QED) is 0.669. The molecule has 0 amide bonds. The molecule has 1 heterocycles. The van der Waals surface area contributed by atoms with Crippen molar-refractivity contribution < 1.29 is 0 Å². The van der Waals surface area contributed by atoms with Gasteiger partial charge < -0.3 is 10.6 Å². The second-order valence-electron chi connectivity index (χ2n) is 5.51. The van der Waals surface area contributed by atoms with E-state index in [4.69, 9.17) is 5.73 Å². The molecule has 1 aromatic rings. The first-order valence-corrected chi connectivity index (χ1v) is 8.55. The maximum Gasteiger partial charge on any atom is 0.00579 e. The largest absolute Gasteiger partial charge is 0.330 e. The lowest BCUT2D eigenvalue weighted by atomic mass is 9.94. The van der Waals surface area contributed by atoms with Crippen LogP contribution in [0.4, 0.5) is 0 Å². The Kier molecular flexibility index (Phi) is 9.14. The second kappa shape index (κ2) is 10.4. The van der Waals surface area contributed by atoms with Crippen molar-refractivity contribution in [1.29, 1.82) is 0 Å². The molecule has 3 heteroatoms. The minimum Gasteiger partial charge on any atom is -0.330 e. The Balaban J connectivity index is 2.09. The molecular weight excluding hydrogens is 252 g/mol. The molecule has 0 spiro atoms. The third-order valence-electron chi connectivity index (χ3n) is 3.74. The highest BCUT2D eigenvalue weighted by atomic mass is 32.1. The Morgan fingerprint density at radius 1 is 1.26 bits per heavy atom. The van der Waals surface area contributed by atoms with Gasteiger partial charge in [-0.25, -0.2) is 0 Å². The van der Waals surface area contributed by atoms with Gasteiger partial charge in [-0.2, -0.15) is 0 Å². The molecule has 110 valence electrons. The molecule has 0 aromatic carbocycles. The number of hydrogen-bond donors (Lipinski definition) is 1. The average molecular weight is 282 g/mol. The van der Waals surface area contributed by atoms with E-state index in [1.807, 2.05) is 11.3 Å². The molecule has 1 atom stereocenters. The molecule has 0 saturated heterocycles. The van der Waals surface area contributed by atoms with Crippen LogP contribution in [0.2, 0.25) is 0 Å². The van der Waals surface area contributed by atoms with Crippen LogP contribution in [0.15, 0.2) is 17.5 Å². The van der Waals surface area contributed by atoms with Crippen LogP contribution < -0.4 is 5.73 Å². The molecule has 1 rings (SSSR count). The maximum atomic E-state index is 5.68. The Morgan fingerprint density at radius 2 is 2.11 bits per heavy atom. The molecule has 0 bridgehead atoms. The van der Waals surface area contributed by atoms with E-state index in [0.29, 0.717) is 0 Å². The van der Waals surface area contributed by atoms with E-state index in [2.05, 4.69) is 36.4 Å². The van der Waals surface area contributed by atoms with E-state index < -0.39 is 0 Å². The van der Waals surface area contributed by atoms with E-state index >= 15 is 0 Å². The molecule has 19 heavy (non-hydrogen) atoms. The van der Waals surface area contributed by atoms with Crippen molar-refractivity contribution in [2.45, 2.75) is 45.4 Å². The van der Waals surface area contributed by atoms with Crippen LogP contribution >= 0.6 is 11.3 Å². The number of likely N-dealkylation sites (N-methyl/N-ethyl adjacent to an activating group) is 1. The number of rotatable bonds is 11. The van der Waals surface area contributed by atoms with Crippen LogP contribution in [0.5, 0.6) is 0 Å². The average Bonchev–Trinajstić information content (AvgIpc) is 2.90. The van der Waals surface area contributed by atoms with E-state index in [1.165, 1.54) is 56.5 Å². The zero-order valence-corrected chi connectivity index (χ0v) is 13.4. The lowest BCUT2D eigenvalue weighted by Gasteiger charge is -2.19. The number of nitrogens with zero attached hydrogens (tertiary/aromatic N) is 1. The van der Waals surface area contributed by atoms with Gasteiger partial charge in [-0.1, -0.05) is 25.8 Å². The van der Waals surface area contributed by atoms with E-state index in [9.17, 15) is 0 Å². The SMILES string of the molecule is CCCC(CCN)CCCN(C)CCc1cccs1. The van der Waals surface area contributed by atoms with E-state index in [1.54, 1.807) is 0 Å². The molecule has 0 radical (unpaired) electrons. The van der Waals surface area contributed by atoms with Gasteiger partial charge in [0.25, 0.3) is 0 Å². The minimum absolute atomic E-state index is 0.846. The van der Waals surface area contributed by atoms with Gasteiger partial charge >= 0.3 is 0 Å². The number of thiophene rings is 1. The predicted octanol–water partition coefficient (Wildman–Crippen LogP) is 3.77. The third-order valence-corrected chi connectivity index (χ3v) is 4.68. The first-order chi connectivity index (χ1) is 9.26. The summed E-state index contributed by atoms with van der Waals surface area (Å²) in [5.74, 6) is 0.848.